The zero-order chi connectivity index (χ0) is 27.7. The molecule has 0 aromatic heterocycles. The molecule has 0 fully saturated rings. The summed E-state index contributed by atoms with van der Waals surface area (Å²) in [7, 11) is 1.12. The van der Waals surface area contributed by atoms with Crippen LogP contribution in [0.2, 0.25) is 0 Å². The van der Waals surface area contributed by atoms with Crippen LogP contribution in [-0.4, -0.2) is 25.3 Å². The van der Waals surface area contributed by atoms with E-state index < -0.39 is 29.4 Å². The van der Waals surface area contributed by atoms with E-state index in [0.717, 1.165) is 25.2 Å². The summed E-state index contributed by atoms with van der Waals surface area (Å²) in [5.74, 6) is -0.263. The van der Waals surface area contributed by atoms with Gasteiger partial charge >= 0.3 is 12.1 Å². The van der Waals surface area contributed by atoms with Crippen LogP contribution >= 0.6 is 0 Å². The number of nitrogens with zero attached hydrogens (tertiary/aromatic N) is 1. The highest BCUT2D eigenvalue weighted by Gasteiger charge is 2.42. The van der Waals surface area contributed by atoms with Crippen molar-refractivity contribution in [2.24, 2.45) is 0 Å². The number of carbonyl (C=O) groups is 1. The minimum absolute atomic E-state index is 0.190. The highest BCUT2D eigenvalue weighted by Crippen LogP contribution is 2.47. The molecule has 1 aliphatic rings. The van der Waals surface area contributed by atoms with Gasteiger partial charge in [0.25, 0.3) is 0 Å². The number of hydrogen-bond acceptors (Lipinski definition) is 4. The van der Waals surface area contributed by atoms with E-state index >= 15 is 0 Å². The number of fused-ring (bicyclic) bond motifs is 1. The quantitative estimate of drug-likeness (QED) is 0.252. The molecule has 3 aromatic rings. The molecule has 1 unspecified atom stereocenters. The zero-order valence-corrected chi connectivity index (χ0v) is 21.6. The molecule has 0 saturated heterocycles. The number of halogens is 3. The van der Waals surface area contributed by atoms with Crippen molar-refractivity contribution < 1.29 is 32.2 Å². The molecule has 1 atom stereocenters. The average molecular weight is 524 g/mol. The number of methoxy groups -OCH3 is 1. The summed E-state index contributed by atoms with van der Waals surface area (Å²) in [6, 6.07) is 14.2. The lowest BCUT2D eigenvalue weighted by atomic mass is 9.84. The summed E-state index contributed by atoms with van der Waals surface area (Å²) in [6.45, 7) is 13.0. The van der Waals surface area contributed by atoms with E-state index in [1.807, 2.05) is 0 Å². The van der Waals surface area contributed by atoms with E-state index in [9.17, 15) is 18.0 Å². The molecule has 8 heteroatoms. The maximum Gasteiger partial charge on any atom is 0.416 e. The van der Waals surface area contributed by atoms with Gasteiger partial charge < -0.3 is 14.2 Å². The number of benzene rings is 3. The van der Waals surface area contributed by atoms with Gasteiger partial charge in [-0.05, 0) is 85.7 Å². The number of carbonyl (C=O) groups excluding carboxylic acids is 1. The van der Waals surface area contributed by atoms with E-state index in [1.165, 1.54) is 6.07 Å². The second-order valence-corrected chi connectivity index (χ2v) is 10.0. The fourth-order valence-electron chi connectivity index (χ4n) is 4.63. The first-order valence-corrected chi connectivity index (χ1v) is 12.2. The van der Waals surface area contributed by atoms with Crippen LogP contribution < -0.4 is 4.74 Å². The topological polar surface area (TPSA) is 49.1 Å². The molecule has 1 heterocycles. The Hall–Kier alpha value is -3.83. The van der Waals surface area contributed by atoms with Gasteiger partial charge in [-0.15, -0.1) is 0 Å². The van der Waals surface area contributed by atoms with Gasteiger partial charge in [0.2, 0.25) is 0 Å². The lowest BCUT2D eigenvalue weighted by molar-refractivity contribution is -0.166. The van der Waals surface area contributed by atoms with E-state index in [0.29, 0.717) is 41.2 Å². The van der Waals surface area contributed by atoms with Gasteiger partial charge in [-0.25, -0.2) is 9.64 Å². The largest absolute Gasteiger partial charge is 0.493 e. The maximum absolute atomic E-state index is 14.6. The Morgan fingerprint density at radius 2 is 1.82 bits per heavy atom. The number of aryl methyl sites for hydroxylation is 1. The fourth-order valence-corrected chi connectivity index (χ4v) is 4.63. The Morgan fingerprint density at radius 3 is 2.47 bits per heavy atom. The molecule has 0 bridgehead atoms. The van der Waals surface area contributed by atoms with Crippen LogP contribution in [0.15, 0.2) is 54.6 Å². The second kappa shape index (κ2) is 10.5. The minimum atomic E-state index is -4.79. The molecule has 0 aliphatic carbocycles. The Morgan fingerprint density at radius 1 is 1.05 bits per heavy atom. The highest BCUT2D eigenvalue weighted by molar-refractivity contribution is 5.92. The third-order valence-electron chi connectivity index (χ3n) is 6.18. The van der Waals surface area contributed by atoms with Gasteiger partial charge in [0.05, 0.1) is 31.5 Å². The molecule has 0 spiro atoms. The molecule has 0 radical (unpaired) electrons. The third kappa shape index (κ3) is 5.68. The first-order valence-electron chi connectivity index (χ1n) is 12.2. The zero-order valence-electron chi connectivity index (χ0n) is 21.6. The lowest BCUT2D eigenvalue weighted by Crippen LogP contribution is -2.30. The monoisotopic (exact) mass is 523 g/mol. The van der Waals surface area contributed by atoms with Crippen molar-refractivity contribution in [3.8, 4) is 28.0 Å². The van der Waals surface area contributed by atoms with Crippen LogP contribution in [0.5, 0.6) is 5.75 Å². The summed E-state index contributed by atoms with van der Waals surface area (Å²) >= 11 is 0. The molecule has 3 aromatic carbocycles. The van der Waals surface area contributed by atoms with Crippen LogP contribution in [0.4, 0.5) is 18.9 Å². The molecule has 198 valence electrons. The molecule has 0 N–H and O–H groups in total. The minimum Gasteiger partial charge on any atom is -0.493 e. The molecule has 0 saturated carbocycles. The normalized spacial score (nSPS) is 14.2. The Labute approximate surface area is 220 Å². The van der Waals surface area contributed by atoms with Gasteiger partial charge in [-0.3, -0.25) is 0 Å². The van der Waals surface area contributed by atoms with E-state index in [2.05, 4.69) is 4.85 Å². The number of rotatable bonds is 5. The van der Waals surface area contributed by atoms with Crippen molar-refractivity contribution in [1.82, 2.24) is 0 Å². The lowest BCUT2D eigenvalue weighted by Gasteiger charge is -2.31. The van der Waals surface area contributed by atoms with Gasteiger partial charge in [-0.1, -0.05) is 30.3 Å². The summed E-state index contributed by atoms with van der Waals surface area (Å²) in [5, 5.41) is 0. The van der Waals surface area contributed by atoms with Crippen molar-refractivity contribution in [2.45, 2.75) is 51.5 Å². The van der Waals surface area contributed by atoms with Gasteiger partial charge in [0.1, 0.15) is 5.75 Å². The van der Waals surface area contributed by atoms with E-state index in [1.54, 1.807) is 63.2 Å². The molecule has 38 heavy (non-hydrogen) atoms. The summed E-state index contributed by atoms with van der Waals surface area (Å²) in [4.78, 5) is 16.5. The van der Waals surface area contributed by atoms with Crippen molar-refractivity contribution in [3.05, 3.63) is 82.7 Å². The predicted octanol–water partition coefficient (Wildman–Crippen LogP) is 7.94. The van der Waals surface area contributed by atoms with E-state index in [4.69, 9.17) is 20.8 Å². The van der Waals surface area contributed by atoms with Crippen molar-refractivity contribution >= 4 is 11.7 Å². The van der Waals surface area contributed by atoms with Crippen LogP contribution in [-0.2, 0) is 26.9 Å². The highest BCUT2D eigenvalue weighted by atomic mass is 19.4. The molecule has 4 rings (SSSR count). The predicted molar refractivity (Wildman–Crippen MR) is 138 cm³/mol. The summed E-state index contributed by atoms with van der Waals surface area (Å²) in [5.41, 5.74) is 0.544. The van der Waals surface area contributed by atoms with Gasteiger partial charge in [0, 0.05) is 5.56 Å². The van der Waals surface area contributed by atoms with Crippen molar-refractivity contribution in [1.29, 1.82) is 0 Å². The number of alkyl halides is 3. The number of ether oxygens (including phenoxy) is 3. The fraction of sp³-hybridized carbons (Fsp3) is 0.333. The van der Waals surface area contributed by atoms with E-state index in [-0.39, 0.29) is 11.1 Å². The average Bonchev–Trinajstić information content (AvgIpc) is 2.89. The standard InChI is InChI=1S/C30H28F3NO4/c1-29(2,3)38-27(28(35)36-5)26-23(30(31,32)33)13-12-22(18-8-6-10-21(17-18)34-4)25(26)20-11-14-24-19(16-20)9-7-15-37-24/h6,8,10-14,16-17,27H,7,9,15H2,1-3,5H3. The Balaban J connectivity index is 2.13. The second-order valence-electron chi connectivity index (χ2n) is 10.0. The molecule has 0 amide bonds. The first kappa shape index (κ1) is 27.2. The van der Waals surface area contributed by atoms with Crippen LogP contribution in [0.3, 0.4) is 0 Å². The molecule has 5 nitrogen and oxygen atoms in total. The van der Waals surface area contributed by atoms with Crippen molar-refractivity contribution in [2.75, 3.05) is 13.7 Å². The smallest absolute Gasteiger partial charge is 0.416 e. The Kier molecular flexibility index (Phi) is 7.52. The van der Waals surface area contributed by atoms with Gasteiger partial charge in [-0.2, -0.15) is 13.2 Å². The number of esters is 1. The summed E-state index contributed by atoms with van der Waals surface area (Å²) < 4.78 is 60.3. The van der Waals surface area contributed by atoms with Crippen LogP contribution in [0.25, 0.3) is 27.1 Å². The molecule has 1 aliphatic heterocycles. The third-order valence-corrected chi connectivity index (χ3v) is 6.18. The SMILES string of the molecule is [C-]#[N+]c1cccc(-c2ccc(C(F)(F)F)c(C(OC(C)(C)C)C(=O)OC)c2-c2ccc3c(c2)CCCO3)c1. The molecular formula is C30H28F3NO4. The number of hydrogen-bond donors (Lipinski definition) is 0. The molecular weight excluding hydrogens is 495 g/mol. The first-order chi connectivity index (χ1) is 17.9. The van der Waals surface area contributed by atoms with Crippen LogP contribution in [0, 0.1) is 6.57 Å². The van der Waals surface area contributed by atoms with Gasteiger partial charge in [0.15, 0.2) is 11.8 Å². The maximum atomic E-state index is 14.6. The Bertz CT molecular complexity index is 1400. The summed E-state index contributed by atoms with van der Waals surface area (Å²) in [6.07, 6.45) is -4.96. The van der Waals surface area contributed by atoms with Crippen molar-refractivity contribution in [3.63, 3.8) is 0 Å². The van der Waals surface area contributed by atoms with Crippen LogP contribution in [0.1, 0.15) is 50.0 Å².